The lowest BCUT2D eigenvalue weighted by Gasteiger charge is -2.53. The average Bonchev–Trinajstić information content (AvgIpc) is 3.40. The molecule has 0 amide bonds. The lowest BCUT2D eigenvalue weighted by atomic mass is 9.69. The molecule has 272 valence electrons. The number of aromatic hydroxyl groups is 1. The van der Waals surface area contributed by atoms with Crippen LogP contribution < -0.4 is 9.64 Å². The molecule has 2 atom stereocenters. The molecular weight excluding hydrogens is 664 g/mol. The van der Waals surface area contributed by atoms with Gasteiger partial charge in [-0.25, -0.2) is 8.78 Å². The molecule has 2 saturated carbocycles. The van der Waals surface area contributed by atoms with E-state index < -0.39 is 11.6 Å². The van der Waals surface area contributed by atoms with Gasteiger partial charge in [-0.1, -0.05) is 18.4 Å². The van der Waals surface area contributed by atoms with Crippen molar-refractivity contribution >= 4 is 27.5 Å². The number of hydrogen-bond donors (Lipinski definition) is 1. The van der Waals surface area contributed by atoms with E-state index in [0.29, 0.717) is 72.4 Å². The first-order valence-electron chi connectivity index (χ1n) is 18.9. The number of ether oxygens (including phenoxy) is 3. The Bertz CT molecular complexity index is 2050. The Morgan fingerprint density at radius 3 is 2.62 bits per heavy atom. The van der Waals surface area contributed by atoms with Gasteiger partial charge in [0.1, 0.15) is 28.6 Å². The lowest BCUT2D eigenvalue weighted by molar-refractivity contribution is -0.143. The third kappa shape index (κ3) is 5.74. The second kappa shape index (κ2) is 13.4. The van der Waals surface area contributed by atoms with Crippen molar-refractivity contribution in [3.05, 3.63) is 47.7 Å². The number of likely N-dealkylation sites (tertiary alicyclic amines) is 1. The number of terminal acetylenes is 1. The van der Waals surface area contributed by atoms with Gasteiger partial charge < -0.3 is 24.2 Å². The molecule has 2 aromatic heterocycles. The number of pyridine rings is 1. The quantitative estimate of drug-likeness (QED) is 0.212. The smallest absolute Gasteiger partial charge is 0.319 e. The highest BCUT2D eigenvalue weighted by atomic mass is 19.1. The van der Waals surface area contributed by atoms with Crippen molar-refractivity contribution in [2.45, 2.75) is 76.3 Å². The number of phenolic OH excluding ortho intramolecular Hbond substituents is 1. The molecule has 2 aromatic carbocycles. The summed E-state index contributed by atoms with van der Waals surface area (Å²) in [4.78, 5) is 19.1. The number of rotatable bonds is 6. The summed E-state index contributed by atoms with van der Waals surface area (Å²) < 4.78 is 49.9. The summed E-state index contributed by atoms with van der Waals surface area (Å²) >= 11 is 0. The van der Waals surface area contributed by atoms with Gasteiger partial charge in [-0.05, 0) is 87.9 Å². The molecule has 9 nitrogen and oxygen atoms in total. The molecule has 3 saturated heterocycles. The predicted molar refractivity (Wildman–Crippen MR) is 194 cm³/mol. The van der Waals surface area contributed by atoms with Gasteiger partial charge in [0.15, 0.2) is 5.82 Å². The van der Waals surface area contributed by atoms with Crippen molar-refractivity contribution in [1.29, 1.82) is 0 Å². The van der Waals surface area contributed by atoms with Crippen LogP contribution in [0.15, 0.2) is 30.5 Å². The number of fused-ring (bicyclic) bond motifs is 3. The molecule has 2 aliphatic carbocycles. The molecule has 5 heterocycles. The molecule has 52 heavy (non-hydrogen) atoms. The maximum Gasteiger partial charge on any atom is 0.319 e. The first kappa shape index (κ1) is 33.7. The molecule has 0 unspecified atom stereocenters. The number of piperidine rings is 1. The molecule has 3 aliphatic heterocycles. The number of halogens is 2. The number of benzene rings is 2. The maximum absolute atomic E-state index is 17.0. The summed E-state index contributed by atoms with van der Waals surface area (Å²) in [5.41, 5.74) is 0.520. The second-order valence-electron chi connectivity index (χ2n) is 15.7. The standard InChI is InChI=1S/C41H45F2N5O4/c1-2-29-32(42)8-7-26-20-28(49)21-30(34(26)29)36-35(43)37-31(22-44-36)38(47-15-5-18-50-19-17-47)46-39(45-37)52-25-41-11-3-6-33(41)48(16-4-12-41)27-9-13-40(14-10-27)23-51-24-40/h1,7-8,20-22,27,33,49H,3-6,9-19,23-25H2/t33-,41-/m1/s1. The third-order valence-corrected chi connectivity index (χ3v) is 12.8. The fourth-order valence-electron chi connectivity index (χ4n) is 10.0. The molecule has 9 rings (SSSR count). The SMILES string of the molecule is C#Cc1c(F)ccc2cc(O)cc(-c3ncc4c(N5CCCOCC5)nc(OC[C@]56CCC[C@H]5N(C5CCC7(CC5)COC7)CCC6)nc4c3F)c12. The maximum atomic E-state index is 17.0. The summed E-state index contributed by atoms with van der Waals surface area (Å²) in [5.74, 6) is 1.50. The topological polar surface area (TPSA) is 93.1 Å². The van der Waals surface area contributed by atoms with Gasteiger partial charge in [-0.3, -0.25) is 9.88 Å². The third-order valence-electron chi connectivity index (χ3n) is 12.8. The van der Waals surface area contributed by atoms with Crippen LogP contribution in [-0.2, 0) is 9.47 Å². The molecule has 5 fully saturated rings. The Kier molecular flexibility index (Phi) is 8.68. The number of aromatic nitrogens is 3. The predicted octanol–water partition coefficient (Wildman–Crippen LogP) is 7.01. The molecule has 0 bridgehead atoms. The zero-order chi connectivity index (χ0) is 35.5. The van der Waals surface area contributed by atoms with E-state index in [1.54, 1.807) is 6.20 Å². The van der Waals surface area contributed by atoms with E-state index in [9.17, 15) is 9.50 Å². The first-order chi connectivity index (χ1) is 25.4. The van der Waals surface area contributed by atoms with Gasteiger partial charge in [-0.15, -0.1) is 6.42 Å². The Morgan fingerprint density at radius 2 is 1.81 bits per heavy atom. The van der Waals surface area contributed by atoms with Crippen LogP contribution >= 0.6 is 0 Å². The van der Waals surface area contributed by atoms with Crippen LogP contribution in [0.4, 0.5) is 14.6 Å². The van der Waals surface area contributed by atoms with Crippen molar-refractivity contribution in [2.24, 2.45) is 10.8 Å². The van der Waals surface area contributed by atoms with E-state index in [1.165, 1.54) is 49.9 Å². The first-order valence-corrected chi connectivity index (χ1v) is 18.9. The van der Waals surface area contributed by atoms with Gasteiger partial charge in [0.05, 0.1) is 37.4 Å². The summed E-state index contributed by atoms with van der Waals surface area (Å²) in [5, 5.41) is 11.8. The Labute approximate surface area is 302 Å². The second-order valence-corrected chi connectivity index (χ2v) is 15.7. The van der Waals surface area contributed by atoms with Crippen LogP contribution in [0.2, 0.25) is 0 Å². The molecule has 4 aromatic rings. The highest BCUT2D eigenvalue weighted by Crippen LogP contribution is 2.51. The summed E-state index contributed by atoms with van der Waals surface area (Å²) in [7, 11) is 0. The van der Waals surface area contributed by atoms with Crippen LogP contribution in [-0.4, -0.2) is 89.7 Å². The number of hydrogen-bond acceptors (Lipinski definition) is 9. The molecular formula is C41H45F2N5O4. The lowest BCUT2D eigenvalue weighted by Crippen LogP contribution is -2.57. The van der Waals surface area contributed by atoms with Crippen molar-refractivity contribution in [1.82, 2.24) is 19.9 Å². The zero-order valence-electron chi connectivity index (χ0n) is 29.5. The molecule has 1 spiro atoms. The van der Waals surface area contributed by atoms with Crippen molar-refractivity contribution < 1.29 is 28.1 Å². The van der Waals surface area contributed by atoms with Gasteiger partial charge in [-0.2, -0.15) is 9.97 Å². The van der Waals surface area contributed by atoms with Crippen LogP contribution in [0, 0.1) is 34.8 Å². The van der Waals surface area contributed by atoms with Gasteiger partial charge in [0, 0.05) is 59.8 Å². The van der Waals surface area contributed by atoms with Gasteiger partial charge in [0.2, 0.25) is 0 Å². The summed E-state index contributed by atoms with van der Waals surface area (Å²) in [6.07, 6.45) is 18.7. The van der Waals surface area contributed by atoms with E-state index in [2.05, 4.69) is 20.7 Å². The Morgan fingerprint density at radius 1 is 0.962 bits per heavy atom. The van der Waals surface area contributed by atoms with E-state index >= 15 is 4.39 Å². The summed E-state index contributed by atoms with van der Waals surface area (Å²) in [6.45, 7) is 5.84. The number of anilines is 1. The highest BCUT2D eigenvalue weighted by molar-refractivity contribution is 6.03. The van der Waals surface area contributed by atoms with Gasteiger partial charge >= 0.3 is 6.01 Å². The molecule has 5 aliphatic rings. The largest absolute Gasteiger partial charge is 0.508 e. The minimum absolute atomic E-state index is 0.0139. The average molecular weight is 710 g/mol. The fourth-order valence-corrected chi connectivity index (χ4v) is 10.0. The molecule has 0 radical (unpaired) electrons. The Balaban J connectivity index is 1.08. The van der Waals surface area contributed by atoms with E-state index in [1.807, 2.05) is 0 Å². The minimum Gasteiger partial charge on any atom is -0.508 e. The fraction of sp³-hybridized carbons (Fsp3) is 0.537. The number of nitrogens with zero attached hydrogens (tertiary/aromatic N) is 5. The van der Waals surface area contributed by atoms with Crippen molar-refractivity contribution in [3.8, 4) is 35.4 Å². The van der Waals surface area contributed by atoms with Crippen LogP contribution in [0.1, 0.15) is 69.8 Å². The highest BCUT2D eigenvalue weighted by Gasteiger charge is 2.51. The van der Waals surface area contributed by atoms with Crippen LogP contribution in [0.25, 0.3) is 32.9 Å². The molecule has 1 N–H and O–H groups in total. The Hall–Kier alpha value is -4.11. The normalized spacial score (nSPS) is 25.2. The zero-order valence-corrected chi connectivity index (χ0v) is 29.5. The van der Waals surface area contributed by atoms with Crippen molar-refractivity contribution in [2.75, 3.05) is 57.6 Å². The molecule has 11 heteroatoms. The van der Waals surface area contributed by atoms with E-state index in [-0.39, 0.29) is 39.5 Å². The minimum atomic E-state index is -0.719. The van der Waals surface area contributed by atoms with E-state index in [4.69, 9.17) is 30.6 Å². The van der Waals surface area contributed by atoms with E-state index in [0.717, 1.165) is 58.3 Å². The van der Waals surface area contributed by atoms with Crippen LogP contribution in [0.5, 0.6) is 11.8 Å². The van der Waals surface area contributed by atoms with Gasteiger partial charge in [0.25, 0.3) is 0 Å². The van der Waals surface area contributed by atoms with Crippen molar-refractivity contribution in [3.63, 3.8) is 0 Å². The number of phenols is 1. The summed E-state index contributed by atoms with van der Waals surface area (Å²) in [6, 6.07) is 6.76. The van der Waals surface area contributed by atoms with Crippen LogP contribution in [0.3, 0.4) is 0 Å². The monoisotopic (exact) mass is 709 g/mol.